The second kappa shape index (κ2) is 10.3. The lowest BCUT2D eigenvalue weighted by Gasteiger charge is -2.55. The number of hydrogen-bond donors (Lipinski definition) is 1. The zero-order valence-electron chi connectivity index (χ0n) is 19.2. The van der Waals surface area contributed by atoms with Crippen LogP contribution in [-0.4, -0.2) is 31.5 Å². The predicted molar refractivity (Wildman–Crippen MR) is 118 cm³/mol. The first-order chi connectivity index (χ1) is 14.0. The molecule has 0 aromatic rings. The Morgan fingerprint density at radius 2 is 1.97 bits per heavy atom. The third-order valence-electron chi connectivity index (χ3n) is 8.10. The molecule has 0 aromatic carbocycles. The van der Waals surface area contributed by atoms with Crippen LogP contribution in [0.2, 0.25) is 0 Å². The standard InChI is InChI=1S/C25H43NO3/c1-5-6-7-11-14-22-23-18(2)15-19(3)25(16-28-22,20(23)4)17-29-24(27)26-21-12-9-8-10-13-21/h15,19-23H,5-14,16-17H2,1-4H3,(H,26,27). The van der Waals surface area contributed by atoms with E-state index in [2.05, 4.69) is 39.1 Å². The largest absolute Gasteiger partial charge is 0.449 e. The molecule has 3 rings (SSSR count). The van der Waals surface area contributed by atoms with Crippen LogP contribution in [0, 0.1) is 23.2 Å². The summed E-state index contributed by atoms with van der Waals surface area (Å²) in [5, 5.41) is 3.10. The molecule has 0 radical (unpaired) electrons. The highest BCUT2D eigenvalue weighted by Gasteiger charge is 2.54. The van der Waals surface area contributed by atoms with Crippen LogP contribution >= 0.6 is 0 Å². The summed E-state index contributed by atoms with van der Waals surface area (Å²) < 4.78 is 12.3. The summed E-state index contributed by atoms with van der Waals surface area (Å²) in [6.45, 7) is 10.3. The molecule has 5 atom stereocenters. The van der Waals surface area contributed by atoms with Crippen LogP contribution in [0.25, 0.3) is 0 Å². The van der Waals surface area contributed by atoms with Crippen molar-refractivity contribution in [3.63, 3.8) is 0 Å². The highest BCUT2D eigenvalue weighted by molar-refractivity contribution is 5.67. The molecule has 2 aliphatic carbocycles. The molecule has 1 heterocycles. The monoisotopic (exact) mass is 405 g/mol. The zero-order valence-corrected chi connectivity index (χ0v) is 19.2. The molecule has 5 unspecified atom stereocenters. The average molecular weight is 406 g/mol. The smallest absolute Gasteiger partial charge is 0.407 e. The van der Waals surface area contributed by atoms with Gasteiger partial charge in [-0.3, -0.25) is 0 Å². The van der Waals surface area contributed by atoms with Gasteiger partial charge in [-0.1, -0.05) is 77.4 Å². The summed E-state index contributed by atoms with van der Waals surface area (Å²) in [7, 11) is 0. The first-order valence-electron chi connectivity index (χ1n) is 12.2. The molecule has 1 saturated carbocycles. The van der Waals surface area contributed by atoms with Crippen molar-refractivity contribution in [1.29, 1.82) is 0 Å². The van der Waals surface area contributed by atoms with E-state index in [1.165, 1.54) is 50.5 Å². The number of hydrogen-bond acceptors (Lipinski definition) is 3. The molecule has 4 heteroatoms. The maximum atomic E-state index is 12.5. The van der Waals surface area contributed by atoms with E-state index in [-0.39, 0.29) is 11.5 Å². The molecule has 2 bridgehead atoms. The van der Waals surface area contributed by atoms with Gasteiger partial charge in [-0.25, -0.2) is 4.79 Å². The zero-order chi connectivity index (χ0) is 20.9. The Kier molecular flexibility index (Phi) is 8.07. The third-order valence-corrected chi connectivity index (χ3v) is 8.10. The Balaban J connectivity index is 1.60. The van der Waals surface area contributed by atoms with Crippen LogP contribution in [-0.2, 0) is 9.47 Å². The van der Waals surface area contributed by atoms with E-state index in [1.807, 2.05) is 0 Å². The van der Waals surface area contributed by atoms with Crippen LogP contribution in [0.3, 0.4) is 0 Å². The fraction of sp³-hybridized carbons (Fsp3) is 0.880. The summed E-state index contributed by atoms with van der Waals surface area (Å²) >= 11 is 0. The number of carbonyl (C=O) groups is 1. The van der Waals surface area contributed by atoms with Crippen molar-refractivity contribution in [2.24, 2.45) is 23.2 Å². The molecular weight excluding hydrogens is 362 g/mol. The van der Waals surface area contributed by atoms with Gasteiger partial charge in [-0.05, 0) is 38.0 Å². The van der Waals surface area contributed by atoms with E-state index in [4.69, 9.17) is 9.47 Å². The maximum Gasteiger partial charge on any atom is 0.407 e. The second-order valence-corrected chi connectivity index (χ2v) is 10.0. The molecule has 1 saturated heterocycles. The number of unbranched alkanes of at least 4 members (excludes halogenated alkanes) is 3. The quantitative estimate of drug-likeness (QED) is 0.383. The van der Waals surface area contributed by atoms with E-state index in [9.17, 15) is 4.79 Å². The second-order valence-electron chi connectivity index (χ2n) is 10.0. The number of amides is 1. The number of fused-ring (bicyclic) bond motifs is 2. The summed E-state index contributed by atoms with van der Waals surface area (Å²) in [4.78, 5) is 12.5. The fourth-order valence-corrected chi connectivity index (χ4v) is 6.08. The highest BCUT2D eigenvalue weighted by atomic mass is 16.6. The van der Waals surface area contributed by atoms with Crippen molar-refractivity contribution in [3.8, 4) is 0 Å². The van der Waals surface area contributed by atoms with Gasteiger partial charge in [0.1, 0.15) is 6.61 Å². The minimum Gasteiger partial charge on any atom is -0.449 e. The van der Waals surface area contributed by atoms with Gasteiger partial charge in [-0.2, -0.15) is 0 Å². The first-order valence-corrected chi connectivity index (χ1v) is 12.2. The van der Waals surface area contributed by atoms with Gasteiger partial charge >= 0.3 is 6.09 Å². The first kappa shape index (κ1) is 22.7. The van der Waals surface area contributed by atoms with Gasteiger partial charge in [0, 0.05) is 17.4 Å². The molecule has 0 aromatic heterocycles. The molecular formula is C25H43NO3. The van der Waals surface area contributed by atoms with Crippen molar-refractivity contribution in [2.75, 3.05) is 13.2 Å². The summed E-state index contributed by atoms with van der Waals surface area (Å²) in [5.74, 6) is 1.28. The third kappa shape index (κ3) is 5.18. The lowest BCUT2D eigenvalue weighted by Crippen LogP contribution is -2.57. The van der Waals surface area contributed by atoms with Gasteiger partial charge in [0.05, 0.1) is 12.7 Å². The van der Waals surface area contributed by atoms with Crippen LogP contribution in [0.1, 0.15) is 91.9 Å². The van der Waals surface area contributed by atoms with E-state index in [0.717, 1.165) is 19.3 Å². The van der Waals surface area contributed by atoms with Gasteiger partial charge < -0.3 is 14.8 Å². The Labute approximate surface area is 178 Å². The van der Waals surface area contributed by atoms with E-state index in [1.54, 1.807) is 0 Å². The molecule has 4 nitrogen and oxygen atoms in total. The van der Waals surface area contributed by atoms with Crippen LogP contribution in [0.4, 0.5) is 4.79 Å². The number of alkyl carbamates (subject to hydrolysis) is 1. The summed E-state index contributed by atoms with van der Waals surface area (Å²) in [5.41, 5.74) is 1.36. The van der Waals surface area contributed by atoms with E-state index in [0.29, 0.717) is 43.1 Å². The van der Waals surface area contributed by atoms with Crippen LogP contribution < -0.4 is 5.32 Å². The van der Waals surface area contributed by atoms with Crippen molar-refractivity contribution >= 4 is 6.09 Å². The molecule has 166 valence electrons. The Bertz CT molecular complexity index is 568. The van der Waals surface area contributed by atoms with Gasteiger partial charge in [0.15, 0.2) is 0 Å². The van der Waals surface area contributed by atoms with Crippen molar-refractivity contribution in [3.05, 3.63) is 11.6 Å². The lowest BCUT2D eigenvalue weighted by atomic mass is 9.56. The van der Waals surface area contributed by atoms with E-state index >= 15 is 0 Å². The van der Waals surface area contributed by atoms with Gasteiger partial charge in [0.25, 0.3) is 0 Å². The Hall–Kier alpha value is -1.03. The molecule has 3 aliphatic rings. The number of nitrogens with one attached hydrogen (secondary N) is 1. The number of allylic oxidation sites excluding steroid dienone is 1. The van der Waals surface area contributed by atoms with E-state index < -0.39 is 0 Å². The lowest BCUT2D eigenvalue weighted by molar-refractivity contribution is -0.165. The molecule has 1 N–H and O–H groups in total. The van der Waals surface area contributed by atoms with Crippen molar-refractivity contribution in [2.45, 2.75) is 104 Å². The minimum atomic E-state index is -0.241. The summed E-state index contributed by atoms with van der Waals surface area (Å²) in [6.07, 6.45) is 14.6. The van der Waals surface area contributed by atoms with Gasteiger partial charge in [0.2, 0.25) is 0 Å². The molecule has 2 fully saturated rings. The normalized spacial score (nSPS) is 35.1. The minimum absolute atomic E-state index is 0.103. The number of carbonyl (C=O) groups excluding carboxylic acids is 1. The Morgan fingerprint density at radius 1 is 1.21 bits per heavy atom. The fourth-order valence-electron chi connectivity index (χ4n) is 6.08. The Morgan fingerprint density at radius 3 is 2.69 bits per heavy atom. The predicted octanol–water partition coefficient (Wildman–Crippen LogP) is 6.25. The maximum absolute atomic E-state index is 12.5. The topological polar surface area (TPSA) is 47.6 Å². The molecule has 0 spiro atoms. The van der Waals surface area contributed by atoms with Crippen molar-refractivity contribution in [1.82, 2.24) is 5.32 Å². The highest BCUT2D eigenvalue weighted by Crippen LogP contribution is 2.53. The summed E-state index contributed by atoms with van der Waals surface area (Å²) in [6, 6.07) is 0.292. The molecule has 1 aliphatic heterocycles. The SMILES string of the molecule is CCCCCCC1OCC2(COC(=O)NC3CCCCC3)C(C)C=C(C)C1C2C. The molecule has 1 amide bonds. The van der Waals surface area contributed by atoms with Crippen LogP contribution in [0.5, 0.6) is 0 Å². The number of ether oxygens (including phenoxy) is 2. The van der Waals surface area contributed by atoms with Crippen LogP contribution in [0.15, 0.2) is 11.6 Å². The number of rotatable bonds is 8. The van der Waals surface area contributed by atoms with Crippen molar-refractivity contribution < 1.29 is 14.3 Å². The van der Waals surface area contributed by atoms with Gasteiger partial charge in [-0.15, -0.1) is 0 Å². The average Bonchev–Trinajstić information content (AvgIpc) is 2.70. The molecule has 29 heavy (non-hydrogen) atoms.